The van der Waals surface area contributed by atoms with Gasteiger partial charge in [-0.25, -0.2) is 19.2 Å². The van der Waals surface area contributed by atoms with E-state index in [0.717, 1.165) is 16.2 Å². The lowest BCUT2D eigenvalue weighted by molar-refractivity contribution is 0.0946. The van der Waals surface area contributed by atoms with Crippen molar-refractivity contribution in [3.63, 3.8) is 0 Å². The average molecular weight is 469 g/mol. The van der Waals surface area contributed by atoms with Crippen molar-refractivity contribution in [2.24, 2.45) is 7.05 Å². The van der Waals surface area contributed by atoms with E-state index in [-0.39, 0.29) is 34.7 Å². The third kappa shape index (κ3) is 4.46. The molecule has 0 radical (unpaired) electrons. The summed E-state index contributed by atoms with van der Waals surface area (Å²) in [6.07, 6.45) is 2.83. The van der Waals surface area contributed by atoms with E-state index in [4.69, 9.17) is 17.3 Å². The predicted octanol–water partition coefficient (Wildman–Crippen LogP) is 1.84. The molecule has 1 amide bonds. The molecule has 33 heavy (non-hydrogen) atoms. The molecule has 0 fully saturated rings. The van der Waals surface area contributed by atoms with Gasteiger partial charge in [0.25, 0.3) is 11.5 Å². The van der Waals surface area contributed by atoms with Crippen molar-refractivity contribution in [1.82, 2.24) is 24.4 Å². The molecule has 0 saturated heterocycles. The number of aromatic nitrogens is 4. The Balaban J connectivity index is 1.69. The number of carbonyl (C=O) groups is 1. The van der Waals surface area contributed by atoms with Crippen molar-refractivity contribution in [1.29, 1.82) is 0 Å². The maximum Gasteiger partial charge on any atom is 0.331 e. The zero-order valence-corrected chi connectivity index (χ0v) is 18.1. The normalized spacial score (nSPS) is 11.0. The van der Waals surface area contributed by atoms with E-state index in [1.54, 1.807) is 12.1 Å². The standard InChI is InChI=1S/C22H18ClFN6O3/c1-29-18-10-27-17(20(31)28-9-12-4-5-26-19(25)7-12)8-14(18)21(32)30(22(29)33)11-13-2-3-16(24)15(23)6-13/h2-8,10H,9,11H2,1H3,(H2,25,26)(H,28,31). The zero-order chi connectivity index (χ0) is 23.7. The second-order valence-corrected chi connectivity index (χ2v) is 7.75. The number of carbonyl (C=O) groups excluding carboxylic acids is 1. The number of fused-ring (bicyclic) bond motifs is 1. The molecule has 0 aliphatic rings. The van der Waals surface area contributed by atoms with Crippen molar-refractivity contribution >= 4 is 34.2 Å². The molecular weight excluding hydrogens is 451 g/mol. The minimum Gasteiger partial charge on any atom is -0.384 e. The summed E-state index contributed by atoms with van der Waals surface area (Å²) in [5, 5.41) is 2.73. The van der Waals surface area contributed by atoms with E-state index in [9.17, 15) is 18.8 Å². The Morgan fingerprint density at radius 1 is 1.15 bits per heavy atom. The summed E-state index contributed by atoms with van der Waals surface area (Å²) in [5.41, 5.74) is 5.96. The molecule has 0 bridgehead atoms. The van der Waals surface area contributed by atoms with Gasteiger partial charge in [-0.15, -0.1) is 0 Å². The first-order valence-electron chi connectivity index (χ1n) is 9.76. The lowest BCUT2D eigenvalue weighted by Gasteiger charge is -2.12. The first kappa shape index (κ1) is 22.2. The molecule has 3 heterocycles. The topological polar surface area (TPSA) is 125 Å². The Labute approximate surface area is 191 Å². The number of anilines is 1. The molecule has 3 N–H and O–H groups in total. The van der Waals surface area contributed by atoms with Crippen LogP contribution in [0, 0.1) is 5.82 Å². The number of halogens is 2. The molecule has 0 spiro atoms. The highest BCUT2D eigenvalue weighted by atomic mass is 35.5. The van der Waals surface area contributed by atoms with Gasteiger partial charge in [0.05, 0.1) is 28.7 Å². The van der Waals surface area contributed by atoms with Gasteiger partial charge < -0.3 is 11.1 Å². The van der Waals surface area contributed by atoms with E-state index in [1.165, 1.54) is 42.2 Å². The number of nitrogens with one attached hydrogen (secondary N) is 1. The van der Waals surface area contributed by atoms with Crippen LogP contribution >= 0.6 is 11.6 Å². The van der Waals surface area contributed by atoms with Gasteiger partial charge in [-0.05, 0) is 41.5 Å². The highest BCUT2D eigenvalue weighted by Crippen LogP contribution is 2.16. The van der Waals surface area contributed by atoms with Gasteiger partial charge in [0.2, 0.25) is 0 Å². The van der Waals surface area contributed by atoms with Gasteiger partial charge in [-0.3, -0.25) is 18.7 Å². The SMILES string of the molecule is Cn1c(=O)n(Cc2ccc(F)c(Cl)c2)c(=O)c2cc(C(=O)NCc3ccnc(N)c3)ncc21. The number of benzene rings is 1. The lowest BCUT2D eigenvalue weighted by atomic mass is 10.2. The Morgan fingerprint density at radius 3 is 2.67 bits per heavy atom. The summed E-state index contributed by atoms with van der Waals surface area (Å²) in [6, 6.07) is 8.63. The third-order valence-electron chi connectivity index (χ3n) is 5.09. The largest absolute Gasteiger partial charge is 0.384 e. The highest BCUT2D eigenvalue weighted by Gasteiger charge is 2.16. The number of hydrogen-bond donors (Lipinski definition) is 2. The van der Waals surface area contributed by atoms with Crippen molar-refractivity contribution in [2.45, 2.75) is 13.1 Å². The number of hydrogen-bond acceptors (Lipinski definition) is 6. The molecule has 1 aromatic carbocycles. The average Bonchev–Trinajstić information content (AvgIpc) is 2.80. The zero-order valence-electron chi connectivity index (χ0n) is 17.4. The Hall–Kier alpha value is -4.05. The number of rotatable bonds is 5. The van der Waals surface area contributed by atoms with Crippen LogP contribution in [0.5, 0.6) is 0 Å². The monoisotopic (exact) mass is 468 g/mol. The maximum absolute atomic E-state index is 13.5. The number of nitrogens with two attached hydrogens (primary N) is 1. The Kier molecular flexibility index (Phi) is 5.93. The van der Waals surface area contributed by atoms with Gasteiger partial charge >= 0.3 is 5.69 Å². The van der Waals surface area contributed by atoms with Gasteiger partial charge in [0.1, 0.15) is 17.3 Å². The van der Waals surface area contributed by atoms with E-state index in [0.29, 0.717) is 11.4 Å². The summed E-state index contributed by atoms with van der Waals surface area (Å²) in [4.78, 5) is 46.5. The molecule has 0 saturated carbocycles. The second kappa shape index (κ2) is 8.83. The fraction of sp³-hybridized carbons (Fsp3) is 0.136. The van der Waals surface area contributed by atoms with Gasteiger partial charge in [0.15, 0.2) is 0 Å². The van der Waals surface area contributed by atoms with Crippen LogP contribution in [-0.4, -0.2) is 25.0 Å². The summed E-state index contributed by atoms with van der Waals surface area (Å²) in [6.45, 7) is 0.0723. The van der Waals surface area contributed by atoms with Crippen molar-refractivity contribution in [2.75, 3.05) is 5.73 Å². The van der Waals surface area contributed by atoms with Gasteiger partial charge in [0, 0.05) is 19.8 Å². The van der Waals surface area contributed by atoms with E-state index < -0.39 is 23.0 Å². The summed E-state index contributed by atoms with van der Waals surface area (Å²) < 4.78 is 15.7. The van der Waals surface area contributed by atoms with Crippen LogP contribution in [0.3, 0.4) is 0 Å². The molecule has 3 aromatic heterocycles. The molecule has 4 rings (SSSR count). The quantitative estimate of drug-likeness (QED) is 0.460. The van der Waals surface area contributed by atoms with E-state index in [1.807, 2.05) is 0 Å². The van der Waals surface area contributed by atoms with E-state index in [2.05, 4.69) is 15.3 Å². The smallest absolute Gasteiger partial charge is 0.331 e. The third-order valence-corrected chi connectivity index (χ3v) is 5.38. The number of nitrogens with zero attached hydrogens (tertiary/aromatic N) is 4. The molecule has 0 atom stereocenters. The highest BCUT2D eigenvalue weighted by molar-refractivity contribution is 6.30. The van der Waals surface area contributed by atoms with Crippen molar-refractivity contribution in [3.8, 4) is 0 Å². The van der Waals surface area contributed by atoms with Crippen molar-refractivity contribution < 1.29 is 9.18 Å². The number of aryl methyl sites for hydroxylation is 1. The number of amides is 1. The Morgan fingerprint density at radius 2 is 1.94 bits per heavy atom. The molecular formula is C22H18ClFN6O3. The maximum atomic E-state index is 13.5. The van der Waals surface area contributed by atoms with Crippen LogP contribution in [0.25, 0.3) is 10.9 Å². The first-order valence-corrected chi connectivity index (χ1v) is 10.1. The van der Waals surface area contributed by atoms with Gasteiger partial charge in [-0.2, -0.15) is 0 Å². The van der Waals surface area contributed by atoms with Crippen LogP contribution in [-0.2, 0) is 20.1 Å². The fourth-order valence-electron chi connectivity index (χ4n) is 3.36. The van der Waals surface area contributed by atoms with Crippen LogP contribution in [0.2, 0.25) is 5.02 Å². The van der Waals surface area contributed by atoms with Gasteiger partial charge in [-0.1, -0.05) is 17.7 Å². The molecule has 0 aliphatic heterocycles. The van der Waals surface area contributed by atoms with Crippen LogP contribution in [0.15, 0.2) is 58.4 Å². The molecule has 168 valence electrons. The van der Waals surface area contributed by atoms with Crippen molar-refractivity contribution in [3.05, 3.63) is 97.3 Å². The number of nitrogen functional groups attached to an aromatic ring is 1. The predicted molar refractivity (Wildman–Crippen MR) is 122 cm³/mol. The van der Waals surface area contributed by atoms with Crippen LogP contribution < -0.4 is 22.3 Å². The summed E-state index contributed by atoms with van der Waals surface area (Å²) >= 11 is 5.82. The van der Waals surface area contributed by atoms with Crippen LogP contribution in [0.1, 0.15) is 21.6 Å². The minimum atomic E-state index is -0.605. The molecule has 0 aliphatic carbocycles. The first-order chi connectivity index (χ1) is 15.7. The summed E-state index contributed by atoms with van der Waals surface area (Å²) in [5.74, 6) is -0.776. The second-order valence-electron chi connectivity index (χ2n) is 7.34. The molecule has 9 nitrogen and oxygen atoms in total. The van der Waals surface area contributed by atoms with Crippen LogP contribution in [0.4, 0.5) is 10.2 Å². The van der Waals surface area contributed by atoms with E-state index >= 15 is 0 Å². The number of pyridine rings is 2. The molecule has 11 heteroatoms. The minimum absolute atomic E-state index is 0.0108. The molecule has 0 unspecified atom stereocenters. The Bertz CT molecular complexity index is 1510. The fourth-order valence-corrected chi connectivity index (χ4v) is 3.57. The summed E-state index contributed by atoms with van der Waals surface area (Å²) in [7, 11) is 1.49. The molecule has 4 aromatic rings. The lowest BCUT2D eigenvalue weighted by Crippen LogP contribution is -2.39.